The van der Waals surface area contributed by atoms with Crippen LogP contribution in [0.3, 0.4) is 0 Å². The Bertz CT molecular complexity index is 174. The summed E-state index contributed by atoms with van der Waals surface area (Å²) >= 11 is 4.51. The largest absolute Gasteiger partial charge is 0.313 e. The number of thiol groups is 1. The van der Waals surface area contributed by atoms with E-state index in [9.17, 15) is 0 Å². The van der Waals surface area contributed by atoms with Gasteiger partial charge in [0, 0.05) is 24.4 Å². The minimum Gasteiger partial charge on any atom is -0.313 e. The molecule has 3 atom stereocenters. The van der Waals surface area contributed by atoms with Crippen LogP contribution in [0.5, 0.6) is 0 Å². The second kappa shape index (κ2) is 4.20. The molecule has 1 N–H and O–H groups in total. The molecule has 13 heavy (non-hydrogen) atoms. The Hall–Kier alpha value is 0.270. The van der Waals surface area contributed by atoms with Crippen molar-refractivity contribution in [2.45, 2.75) is 31.1 Å². The minimum atomic E-state index is 0.598. The van der Waals surface area contributed by atoms with E-state index in [2.05, 4.69) is 29.8 Å². The molecule has 2 saturated heterocycles. The van der Waals surface area contributed by atoms with Crippen LogP contribution in [-0.2, 0) is 0 Å². The zero-order valence-corrected chi connectivity index (χ0v) is 9.26. The average molecular weight is 200 g/mol. The van der Waals surface area contributed by atoms with E-state index in [1.807, 2.05) is 0 Å². The van der Waals surface area contributed by atoms with E-state index >= 15 is 0 Å². The molecule has 0 saturated carbocycles. The summed E-state index contributed by atoms with van der Waals surface area (Å²) in [4.78, 5) is 2.55. The van der Waals surface area contributed by atoms with Crippen LogP contribution in [0.1, 0.15) is 19.8 Å². The fourth-order valence-electron chi connectivity index (χ4n) is 2.58. The molecule has 0 aromatic rings. The van der Waals surface area contributed by atoms with Gasteiger partial charge in [-0.1, -0.05) is 6.92 Å². The lowest BCUT2D eigenvalue weighted by Crippen LogP contribution is -2.32. The number of likely N-dealkylation sites (tertiary alicyclic amines) is 1. The van der Waals surface area contributed by atoms with Gasteiger partial charge in [0.05, 0.1) is 0 Å². The van der Waals surface area contributed by atoms with Crippen LogP contribution in [0, 0.1) is 5.92 Å². The average Bonchev–Trinajstić information content (AvgIpc) is 2.71. The molecule has 76 valence electrons. The van der Waals surface area contributed by atoms with Crippen molar-refractivity contribution in [2.75, 3.05) is 26.2 Å². The summed E-state index contributed by atoms with van der Waals surface area (Å²) < 4.78 is 0. The van der Waals surface area contributed by atoms with Gasteiger partial charge in [-0.25, -0.2) is 0 Å². The first-order valence-corrected chi connectivity index (χ1v) is 5.95. The zero-order chi connectivity index (χ0) is 9.26. The van der Waals surface area contributed by atoms with Gasteiger partial charge in [0.2, 0.25) is 0 Å². The molecule has 0 aromatic carbocycles. The Kier molecular flexibility index (Phi) is 3.17. The van der Waals surface area contributed by atoms with E-state index in [1.165, 1.54) is 32.5 Å². The van der Waals surface area contributed by atoms with Gasteiger partial charge in [-0.15, -0.1) is 0 Å². The fourth-order valence-corrected chi connectivity index (χ4v) is 2.92. The molecule has 2 aliphatic heterocycles. The predicted molar refractivity (Wildman–Crippen MR) is 59.4 cm³/mol. The van der Waals surface area contributed by atoms with E-state index in [-0.39, 0.29) is 0 Å². The number of nitrogens with one attached hydrogen (secondary N) is 1. The van der Waals surface area contributed by atoms with Crippen LogP contribution in [0.25, 0.3) is 0 Å². The summed E-state index contributed by atoms with van der Waals surface area (Å²) in [5.41, 5.74) is 0. The molecule has 3 heteroatoms. The molecule has 0 spiro atoms. The molecular formula is C10H20N2S. The van der Waals surface area contributed by atoms with Gasteiger partial charge in [0.25, 0.3) is 0 Å². The molecule has 0 radical (unpaired) electrons. The summed E-state index contributed by atoms with van der Waals surface area (Å²) in [6, 6.07) is 0.749. The van der Waals surface area contributed by atoms with Gasteiger partial charge in [-0.05, 0) is 31.8 Å². The third kappa shape index (κ3) is 2.20. The van der Waals surface area contributed by atoms with Gasteiger partial charge in [-0.2, -0.15) is 12.6 Å². The van der Waals surface area contributed by atoms with Crippen molar-refractivity contribution in [2.24, 2.45) is 5.92 Å². The molecule has 0 aromatic heterocycles. The van der Waals surface area contributed by atoms with Crippen LogP contribution >= 0.6 is 12.6 Å². The van der Waals surface area contributed by atoms with Gasteiger partial charge in [0.15, 0.2) is 0 Å². The molecule has 2 nitrogen and oxygen atoms in total. The fraction of sp³-hybridized carbons (Fsp3) is 1.00. The second-order valence-corrected chi connectivity index (χ2v) is 5.08. The zero-order valence-electron chi connectivity index (χ0n) is 8.37. The van der Waals surface area contributed by atoms with Crippen molar-refractivity contribution in [1.82, 2.24) is 10.2 Å². The van der Waals surface area contributed by atoms with Crippen LogP contribution in [0.15, 0.2) is 0 Å². The normalized spacial score (nSPS) is 41.5. The Morgan fingerprint density at radius 3 is 2.92 bits per heavy atom. The highest BCUT2D eigenvalue weighted by atomic mass is 32.1. The first kappa shape index (κ1) is 9.81. The van der Waals surface area contributed by atoms with Crippen LogP contribution in [0.4, 0.5) is 0 Å². The van der Waals surface area contributed by atoms with Gasteiger partial charge >= 0.3 is 0 Å². The van der Waals surface area contributed by atoms with Crippen molar-refractivity contribution in [3.63, 3.8) is 0 Å². The van der Waals surface area contributed by atoms with E-state index in [0.717, 1.165) is 18.5 Å². The highest BCUT2D eigenvalue weighted by Gasteiger charge is 2.32. The van der Waals surface area contributed by atoms with E-state index in [0.29, 0.717) is 5.25 Å². The maximum Gasteiger partial charge on any atom is 0.0157 e. The smallest absolute Gasteiger partial charge is 0.0157 e. The van der Waals surface area contributed by atoms with E-state index < -0.39 is 0 Å². The molecule has 0 bridgehead atoms. The quantitative estimate of drug-likeness (QED) is 0.646. The van der Waals surface area contributed by atoms with E-state index in [1.54, 1.807) is 0 Å². The van der Waals surface area contributed by atoms with Crippen molar-refractivity contribution in [3.8, 4) is 0 Å². The standard InChI is InChI=1S/C10H20N2S/c1-2-12-4-3-8(7-12)10-5-9(13)6-11-10/h8-11,13H,2-7H2,1H3/t8?,9-,10-/m0/s1. The maximum absolute atomic E-state index is 4.51. The highest BCUT2D eigenvalue weighted by molar-refractivity contribution is 7.81. The molecule has 2 rings (SSSR count). The maximum atomic E-state index is 4.51. The molecule has 0 aliphatic carbocycles. The highest BCUT2D eigenvalue weighted by Crippen LogP contribution is 2.26. The molecule has 0 amide bonds. The lowest BCUT2D eigenvalue weighted by molar-refractivity contribution is 0.320. The Labute approximate surface area is 86.5 Å². The molecule has 2 aliphatic rings. The molecule has 1 unspecified atom stereocenters. The summed E-state index contributed by atoms with van der Waals surface area (Å²) in [7, 11) is 0. The third-order valence-electron chi connectivity index (χ3n) is 3.47. The van der Waals surface area contributed by atoms with Crippen molar-refractivity contribution >= 4 is 12.6 Å². The van der Waals surface area contributed by atoms with Crippen LogP contribution in [0.2, 0.25) is 0 Å². The number of hydrogen-bond acceptors (Lipinski definition) is 3. The monoisotopic (exact) mass is 200 g/mol. The molecule has 2 heterocycles. The SMILES string of the molecule is CCN1CCC([C@@H]2C[C@H](S)CN2)C1. The first-order chi connectivity index (χ1) is 6.29. The van der Waals surface area contributed by atoms with E-state index in [4.69, 9.17) is 0 Å². The number of nitrogens with zero attached hydrogens (tertiary/aromatic N) is 1. The summed E-state index contributed by atoms with van der Waals surface area (Å²) in [5.74, 6) is 0.886. The summed E-state index contributed by atoms with van der Waals surface area (Å²) in [6.45, 7) is 7.18. The van der Waals surface area contributed by atoms with Crippen LogP contribution in [-0.4, -0.2) is 42.4 Å². The predicted octanol–water partition coefficient (Wildman–Crippen LogP) is 0.988. The van der Waals surface area contributed by atoms with Crippen LogP contribution < -0.4 is 5.32 Å². The Morgan fingerprint density at radius 1 is 1.54 bits per heavy atom. The molecular weight excluding hydrogens is 180 g/mol. The third-order valence-corrected chi connectivity index (χ3v) is 3.86. The van der Waals surface area contributed by atoms with Crippen molar-refractivity contribution in [3.05, 3.63) is 0 Å². The number of hydrogen-bond donors (Lipinski definition) is 2. The van der Waals surface area contributed by atoms with Gasteiger partial charge in [0.1, 0.15) is 0 Å². The second-order valence-electron chi connectivity index (χ2n) is 4.35. The first-order valence-electron chi connectivity index (χ1n) is 5.43. The summed E-state index contributed by atoms with van der Waals surface area (Å²) in [5, 5.41) is 4.19. The summed E-state index contributed by atoms with van der Waals surface area (Å²) in [6.07, 6.45) is 2.65. The van der Waals surface area contributed by atoms with Gasteiger partial charge in [-0.3, -0.25) is 0 Å². The van der Waals surface area contributed by atoms with Gasteiger partial charge < -0.3 is 10.2 Å². The Balaban J connectivity index is 1.82. The number of rotatable bonds is 2. The lowest BCUT2D eigenvalue weighted by Gasteiger charge is -2.19. The van der Waals surface area contributed by atoms with Crippen molar-refractivity contribution in [1.29, 1.82) is 0 Å². The topological polar surface area (TPSA) is 15.3 Å². The molecule has 2 fully saturated rings. The van der Waals surface area contributed by atoms with Crippen molar-refractivity contribution < 1.29 is 0 Å². The minimum absolute atomic E-state index is 0.598. The Morgan fingerprint density at radius 2 is 2.38 bits per heavy atom. The lowest BCUT2D eigenvalue weighted by atomic mass is 9.98.